The van der Waals surface area contributed by atoms with Crippen LogP contribution in [0.2, 0.25) is 0 Å². The van der Waals surface area contributed by atoms with Crippen molar-refractivity contribution in [1.29, 1.82) is 0 Å². The number of aliphatic hydroxyl groups is 1. The van der Waals surface area contributed by atoms with Gasteiger partial charge in [-0.25, -0.2) is 9.59 Å². The smallest absolute Gasteiger partial charge is 0.334 e. The van der Waals surface area contributed by atoms with Crippen LogP contribution in [0.5, 0.6) is 0 Å². The minimum Gasteiger partial charge on any atom is -0.458 e. The van der Waals surface area contributed by atoms with Crippen LogP contribution in [0.25, 0.3) is 0 Å². The molecule has 0 amide bonds. The average molecular weight is 346 g/mol. The van der Waals surface area contributed by atoms with Crippen molar-refractivity contribution in [1.82, 2.24) is 0 Å². The Morgan fingerprint density at radius 1 is 1.52 bits per heavy atom. The van der Waals surface area contributed by atoms with Gasteiger partial charge in [0.1, 0.15) is 12.2 Å². The molecule has 6 unspecified atom stereocenters. The SMILES string of the molecule is C=C1C(=O)OC2C3C(C)=CCC3C(C)(CO)C(OC(=O)C(C)=CC)C12. The molecule has 0 aromatic carbocycles. The van der Waals surface area contributed by atoms with Crippen molar-refractivity contribution in [2.24, 2.45) is 23.2 Å². The largest absolute Gasteiger partial charge is 0.458 e. The number of fused-ring (bicyclic) bond motifs is 3. The molecule has 0 aromatic heterocycles. The molecule has 1 heterocycles. The zero-order chi connectivity index (χ0) is 18.5. The van der Waals surface area contributed by atoms with Gasteiger partial charge in [-0.3, -0.25) is 0 Å². The van der Waals surface area contributed by atoms with E-state index in [0.717, 1.165) is 12.0 Å². The number of carbonyl (C=O) groups excluding carboxylic acids is 2. The van der Waals surface area contributed by atoms with E-state index in [1.807, 2.05) is 13.8 Å². The topological polar surface area (TPSA) is 72.8 Å². The minimum absolute atomic E-state index is 0.0307. The molecule has 2 aliphatic carbocycles. The van der Waals surface area contributed by atoms with Gasteiger partial charge >= 0.3 is 11.9 Å². The third kappa shape index (κ3) is 2.48. The Morgan fingerprint density at radius 2 is 2.20 bits per heavy atom. The molecule has 1 saturated carbocycles. The van der Waals surface area contributed by atoms with E-state index >= 15 is 0 Å². The molecule has 1 aliphatic heterocycles. The Labute approximate surface area is 148 Å². The Bertz CT molecular complexity index is 688. The summed E-state index contributed by atoms with van der Waals surface area (Å²) < 4.78 is 11.5. The highest BCUT2D eigenvalue weighted by molar-refractivity contribution is 5.92. The fourth-order valence-electron chi connectivity index (χ4n) is 4.70. The maximum Gasteiger partial charge on any atom is 0.334 e. The summed E-state index contributed by atoms with van der Waals surface area (Å²) in [5, 5.41) is 10.3. The quantitative estimate of drug-likeness (QED) is 0.483. The lowest BCUT2D eigenvalue weighted by Crippen LogP contribution is -2.59. The third-order valence-corrected chi connectivity index (χ3v) is 6.42. The van der Waals surface area contributed by atoms with Crippen LogP contribution >= 0.6 is 0 Å². The molecule has 6 atom stereocenters. The minimum atomic E-state index is -0.666. The van der Waals surface area contributed by atoms with Gasteiger partial charge < -0.3 is 14.6 Å². The molecule has 1 N–H and O–H groups in total. The van der Waals surface area contributed by atoms with Crippen LogP contribution in [-0.2, 0) is 19.1 Å². The number of hydrogen-bond donors (Lipinski definition) is 1. The van der Waals surface area contributed by atoms with Gasteiger partial charge in [0, 0.05) is 22.5 Å². The highest BCUT2D eigenvalue weighted by atomic mass is 16.6. The van der Waals surface area contributed by atoms with Crippen LogP contribution in [0.4, 0.5) is 0 Å². The van der Waals surface area contributed by atoms with Crippen molar-refractivity contribution in [3.05, 3.63) is 35.5 Å². The molecular weight excluding hydrogens is 320 g/mol. The first kappa shape index (κ1) is 17.9. The first-order valence-electron chi connectivity index (χ1n) is 8.77. The summed E-state index contributed by atoms with van der Waals surface area (Å²) in [5.74, 6) is -1.20. The van der Waals surface area contributed by atoms with Crippen LogP contribution in [0.15, 0.2) is 35.5 Å². The van der Waals surface area contributed by atoms with Crippen molar-refractivity contribution < 1.29 is 24.2 Å². The molecule has 3 rings (SSSR count). The van der Waals surface area contributed by atoms with E-state index in [9.17, 15) is 14.7 Å². The van der Waals surface area contributed by atoms with E-state index < -0.39 is 29.4 Å². The van der Waals surface area contributed by atoms with E-state index in [0.29, 0.717) is 11.1 Å². The van der Waals surface area contributed by atoms with Crippen molar-refractivity contribution in [2.75, 3.05) is 6.61 Å². The highest BCUT2D eigenvalue weighted by Gasteiger charge is 2.64. The maximum atomic E-state index is 12.4. The predicted molar refractivity (Wildman–Crippen MR) is 92.4 cm³/mol. The average Bonchev–Trinajstić information content (AvgIpc) is 3.12. The molecule has 25 heavy (non-hydrogen) atoms. The number of carbonyl (C=O) groups is 2. The van der Waals surface area contributed by atoms with E-state index in [1.54, 1.807) is 19.9 Å². The summed E-state index contributed by atoms with van der Waals surface area (Å²) in [6.07, 6.45) is 3.57. The van der Waals surface area contributed by atoms with Gasteiger partial charge in [-0.05, 0) is 33.1 Å². The second-order valence-electron chi connectivity index (χ2n) is 7.70. The Morgan fingerprint density at radius 3 is 2.80 bits per heavy atom. The van der Waals surface area contributed by atoms with Gasteiger partial charge in [0.25, 0.3) is 0 Å². The molecule has 0 aromatic rings. The molecule has 0 radical (unpaired) electrons. The van der Waals surface area contributed by atoms with Gasteiger partial charge in [-0.15, -0.1) is 0 Å². The molecule has 1 saturated heterocycles. The number of aliphatic hydroxyl groups excluding tert-OH is 1. The maximum absolute atomic E-state index is 12.4. The Kier molecular flexibility index (Phi) is 4.40. The van der Waals surface area contributed by atoms with Crippen molar-refractivity contribution in [3.63, 3.8) is 0 Å². The van der Waals surface area contributed by atoms with Crippen molar-refractivity contribution >= 4 is 11.9 Å². The number of allylic oxidation sites excluding steroid dienone is 2. The molecule has 0 bridgehead atoms. The van der Waals surface area contributed by atoms with Crippen molar-refractivity contribution in [3.8, 4) is 0 Å². The molecule has 5 nitrogen and oxygen atoms in total. The summed E-state index contributed by atoms with van der Waals surface area (Å²) in [5.41, 5.74) is 1.33. The molecular formula is C20H26O5. The van der Waals surface area contributed by atoms with Gasteiger partial charge in [0.15, 0.2) is 0 Å². The van der Waals surface area contributed by atoms with Gasteiger partial charge in [-0.2, -0.15) is 0 Å². The highest BCUT2D eigenvalue weighted by Crippen LogP contribution is 2.58. The third-order valence-electron chi connectivity index (χ3n) is 6.42. The van der Waals surface area contributed by atoms with Crippen LogP contribution in [0.3, 0.4) is 0 Å². The van der Waals surface area contributed by atoms with Gasteiger partial charge in [-0.1, -0.05) is 31.2 Å². The lowest BCUT2D eigenvalue weighted by Gasteiger charge is -2.52. The Balaban J connectivity index is 2.06. The lowest BCUT2D eigenvalue weighted by atomic mass is 9.56. The van der Waals surface area contributed by atoms with Gasteiger partial charge in [0.2, 0.25) is 0 Å². The molecule has 0 spiro atoms. The Hall–Kier alpha value is -1.88. The number of ether oxygens (including phenoxy) is 2. The summed E-state index contributed by atoms with van der Waals surface area (Å²) >= 11 is 0. The second-order valence-corrected chi connectivity index (χ2v) is 7.70. The van der Waals surface area contributed by atoms with Crippen LogP contribution in [-0.4, -0.2) is 35.9 Å². The second kappa shape index (κ2) is 6.13. The van der Waals surface area contributed by atoms with Crippen LogP contribution in [0, 0.1) is 23.2 Å². The molecule has 5 heteroatoms. The molecule has 136 valence electrons. The van der Waals surface area contributed by atoms with Crippen LogP contribution in [0.1, 0.15) is 34.1 Å². The first-order chi connectivity index (χ1) is 11.8. The van der Waals surface area contributed by atoms with E-state index in [-0.39, 0.29) is 24.5 Å². The summed E-state index contributed by atoms with van der Waals surface area (Å²) in [7, 11) is 0. The standard InChI is InChI=1S/C20H26O5/c1-6-10(2)18(22)25-17-15-12(4)19(23)24-16(15)14-11(3)7-8-13(14)20(17,5)9-21/h6-7,13-17,21H,4,8-9H2,1-3,5H3. The number of rotatable bonds is 3. The number of esters is 2. The zero-order valence-corrected chi connectivity index (χ0v) is 15.2. The predicted octanol–water partition coefficient (Wildman–Crippen LogP) is 2.56. The summed E-state index contributed by atoms with van der Waals surface area (Å²) in [6, 6.07) is 0. The zero-order valence-electron chi connectivity index (χ0n) is 15.2. The monoisotopic (exact) mass is 346 g/mol. The normalized spacial score (nSPS) is 40.3. The summed E-state index contributed by atoms with van der Waals surface area (Å²) in [6.45, 7) is 11.2. The van der Waals surface area contributed by atoms with Crippen molar-refractivity contribution in [2.45, 2.75) is 46.3 Å². The first-order valence-corrected chi connectivity index (χ1v) is 8.77. The van der Waals surface area contributed by atoms with E-state index in [1.165, 1.54) is 0 Å². The number of hydrogen-bond acceptors (Lipinski definition) is 5. The van der Waals surface area contributed by atoms with E-state index in [2.05, 4.69) is 12.7 Å². The summed E-state index contributed by atoms with van der Waals surface area (Å²) in [4.78, 5) is 24.6. The van der Waals surface area contributed by atoms with Gasteiger partial charge in [0.05, 0.1) is 12.5 Å². The molecule has 2 fully saturated rings. The fourth-order valence-corrected chi connectivity index (χ4v) is 4.70. The lowest BCUT2D eigenvalue weighted by molar-refractivity contribution is -0.185. The molecule has 3 aliphatic rings. The van der Waals surface area contributed by atoms with Crippen LogP contribution < -0.4 is 0 Å². The fraction of sp³-hybridized carbons (Fsp3) is 0.600. The van der Waals surface area contributed by atoms with E-state index in [4.69, 9.17) is 9.47 Å².